The molecule has 144 valence electrons. The number of amides is 1. The Bertz CT molecular complexity index is 1150. The zero-order valence-corrected chi connectivity index (χ0v) is 15.6. The second-order valence-corrected chi connectivity index (χ2v) is 7.71. The van der Waals surface area contributed by atoms with Crippen LogP contribution >= 0.6 is 0 Å². The number of carbonyl (C=O) groups excluding carboxylic acids is 1. The second-order valence-electron chi connectivity index (χ2n) is 6.03. The molecule has 0 aliphatic rings. The molecule has 0 atom stereocenters. The van der Waals surface area contributed by atoms with E-state index in [0.717, 1.165) is 17.7 Å². The minimum absolute atomic E-state index is 0.0511. The van der Waals surface area contributed by atoms with E-state index < -0.39 is 27.6 Å². The van der Waals surface area contributed by atoms with Crippen LogP contribution in [0.5, 0.6) is 0 Å². The van der Waals surface area contributed by atoms with Crippen molar-refractivity contribution in [1.29, 1.82) is 0 Å². The maximum Gasteiger partial charge on any atom is 0.261 e. The van der Waals surface area contributed by atoms with E-state index in [4.69, 9.17) is 0 Å². The molecule has 28 heavy (non-hydrogen) atoms. The molecule has 5 nitrogen and oxygen atoms in total. The van der Waals surface area contributed by atoms with Crippen molar-refractivity contribution in [2.75, 3.05) is 10.0 Å². The van der Waals surface area contributed by atoms with E-state index in [1.165, 1.54) is 30.3 Å². The summed E-state index contributed by atoms with van der Waals surface area (Å²) in [6.07, 6.45) is 0. The molecule has 0 heterocycles. The summed E-state index contributed by atoms with van der Waals surface area (Å²) in [6, 6.07) is 15.2. The van der Waals surface area contributed by atoms with Crippen LogP contribution in [0.25, 0.3) is 0 Å². The van der Waals surface area contributed by atoms with Crippen LogP contribution in [0.3, 0.4) is 0 Å². The lowest BCUT2D eigenvalue weighted by Gasteiger charge is -2.11. The minimum atomic E-state index is -3.92. The van der Waals surface area contributed by atoms with Gasteiger partial charge in [-0.15, -0.1) is 0 Å². The van der Waals surface area contributed by atoms with Crippen LogP contribution in [-0.2, 0) is 10.0 Å². The smallest absolute Gasteiger partial charge is 0.261 e. The Kier molecular flexibility index (Phi) is 5.41. The molecule has 0 fully saturated rings. The molecule has 0 saturated heterocycles. The van der Waals surface area contributed by atoms with Gasteiger partial charge in [-0.2, -0.15) is 0 Å². The second kappa shape index (κ2) is 7.77. The largest absolute Gasteiger partial charge is 0.322 e. The molecule has 3 aromatic carbocycles. The van der Waals surface area contributed by atoms with Crippen molar-refractivity contribution in [2.45, 2.75) is 11.8 Å². The molecule has 2 N–H and O–H groups in total. The summed E-state index contributed by atoms with van der Waals surface area (Å²) in [5.74, 6) is -2.79. The van der Waals surface area contributed by atoms with Gasteiger partial charge in [0.15, 0.2) is 11.6 Å². The molecule has 0 bridgehead atoms. The fraction of sp³-hybridized carbons (Fsp3) is 0.0500. The van der Waals surface area contributed by atoms with Crippen LogP contribution in [0, 0.1) is 18.6 Å². The number of benzene rings is 3. The summed E-state index contributed by atoms with van der Waals surface area (Å²) in [5, 5.41) is 2.40. The van der Waals surface area contributed by atoms with Gasteiger partial charge in [0.05, 0.1) is 10.6 Å². The normalized spacial score (nSPS) is 11.1. The third-order valence-corrected chi connectivity index (χ3v) is 5.34. The van der Waals surface area contributed by atoms with Crippen LogP contribution in [-0.4, -0.2) is 14.3 Å². The molecule has 0 radical (unpaired) electrons. The van der Waals surface area contributed by atoms with Crippen LogP contribution in [0.15, 0.2) is 71.6 Å². The molecule has 3 rings (SSSR count). The third-order valence-electron chi connectivity index (χ3n) is 3.97. The molecule has 0 unspecified atom stereocenters. The Morgan fingerprint density at radius 2 is 1.64 bits per heavy atom. The number of halogens is 2. The third kappa shape index (κ3) is 4.34. The Labute approximate surface area is 161 Å². The first-order valence-electron chi connectivity index (χ1n) is 8.21. The van der Waals surface area contributed by atoms with Gasteiger partial charge in [0.1, 0.15) is 0 Å². The number of para-hydroxylation sites is 1. The maximum atomic E-state index is 13.3. The monoisotopic (exact) mass is 402 g/mol. The number of anilines is 2. The number of nitrogens with one attached hydrogen (secondary N) is 2. The van der Waals surface area contributed by atoms with Gasteiger partial charge in [-0.3, -0.25) is 9.52 Å². The quantitative estimate of drug-likeness (QED) is 0.667. The van der Waals surface area contributed by atoms with Crippen molar-refractivity contribution in [3.8, 4) is 0 Å². The van der Waals surface area contributed by atoms with E-state index in [2.05, 4.69) is 10.0 Å². The average Bonchev–Trinajstić information content (AvgIpc) is 2.66. The first-order valence-corrected chi connectivity index (χ1v) is 9.69. The van der Waals surface area contributed by atoms with E-state index in [9.17, 15) is 22.0 Å². The first kappa shape index (κ1) is 19.5. The Balaban J connectivity index is 1.83. The van der Waals surface area contributed by atoms with Gasteiger partial charge in [0.25, 0.3) is 15.9 Å². The number of rotatable bonds is 5. The van der Waals surface area contributed by atoms with Crippen LogP contribution in [0.2, 0.25) is 0 Å². The van der Waals surface area contributed by atoms with Crippen LogP contribution in [0.4, 0.5) is 20.2 Å². The van der Waals surface area contributed by atoms with E-state index in [-0.39, 0.29) is 16.1 Å². The maximum absolute atomic E-state index is 13.3. The molecule has 8 heteroatoms. The summed E-state index contributed by atoms with van der Waals surface area (Å²) in [6.45, 7) is 1.77. The molecule has 0 spiro atoms. The highest BCUT2D eigenvalue weighted by Gasteiger charge is 2.17. The minimum Gasteiger partial charge on any atom is -0.322 e. The summed E-state index contributed by atoms with van der Waals surface area (Å²) >= 11 is 0. The van der Waals surface area contributed by atoms with E-state index >= 15 is 0 Å². The fourth-order valence-corrected chi connectivity index (χ4v) is 3.65. The highest BCUT2D eigenvalue weighted by atomic mass is 32.2. The lowest BCUT2D eigenvalue weighted by Crippen LogP contribution is -2.16. The zero-order chi connectivity index (χ0) is 20.3. The molecular weight excluding hydrogens is 386 g/mol. The number of carbonyl (C=O) groups is 1. The standard InChI is InChI=1S/C20H16F2N2O3S/c1-13-5-2-3-8-19(13)24-28(26,27)16-7-4-6-14(11-16)20(25)23-15-9-10-17(21)18(22)12-15/h2-12,24H,1H3,(H,23,25). The molecule has 1 amide bonds. The Morgan fingerprint density at radius 3 is 2.36 bits per heavy atom. The molecule has 3 aromatic rings. The van der Waals surface area contributed by atoms with E-state index in [1.807, 2.05) is 0 Å². The van der Waals surface area contributed by atoms with Gasteiger partial charge in [0, 0.05) is 17.3 Å². The number of sulfonamides is 1. The summed E-state index contributed by atoms with van der Waals surface area (Å²) in [5.41, 5.74) is 1.28. The van der Waals surface area contributed by atoms with Gasteiger partial charge in [0.2, 0.25) is 0 Å². The number of aryl methyl sites for hydroxylation is 1. The van der Waals surface area contributed by atoms with E-state index in [1.54, 1.807) is 31.2 Å². The Morgan fingerprint density at radius 1 is 0.893 bits per heavy atom. The van der Waals surface area contributed by atoms with Crippen molar-refractivity contribution >= 4 is 27.3 Å². The van der Waals surface area contributed by atoms with Crippen molar-refractivity contribution in [1.82, 2.24) is 0 Å². The zero-order valence-electron chi connectivity index (χ0n) is 14.7. The van der Waals surface area contributed by atoms with Crippen LogP contribution in [0.1, 0.15) is 15.9 Å². The van der Waals surface area contributed by atoms with Gasteiger partial charge in [-0.05, 0) is 48.9 Å². The SMILES string of the molecule is Cc1ccccc1NS(=O)(=O)c1cccc(C(=O)Nc2ccc(F)c(F)c2)c1. The number of hydrogen-bond acceptors (Lipinski definition) is 3. The Hall–Kier alpha value is -3.26. The summed E-state index contributed by atoms with van der Waals surface area (Å²) in [4.78, 5) is 12.3. The van der Waals surface area contributed by atoms with Crippen molar-refractivity contribution in [3.63, 3.8) is 0 Å². The first-order chi connectivity index (χ1) is 13.3. The molecule has 0 saturated carbocycles. The average molecular weight is 402 g/mol. The lowest BCUT2D eigenvalue weighted by molar-refractivity contribution is 0.102. The summed E-state index contributed by atoms with van der Waals surface area (Å²) in [7, 11) is -3.92. The molecular formula is C20H16F2N2O3S. The predicted molar refractivity (Wildman–Crippen MR) is 103 cm³/mol. The fourth-order valence-electron chi connectivity index (χ4n) is 2.47. The molecule has 0 aromatic heterocycles. The van der Waals surface area contributed by atoms with Crippen molar-refractivity contribution in [3.05, 3.63) is 89.5 Å². The van der Waals surface area contributed by atoms with Crippen LogP contribution < -0.4 is 10.0 Å². The molecule has 0 aliphatic heterocycles. The predicted octanol–water partition coefficient (Wildman–Crippen LogP) is 4.33. The summed E-state index contributed by atoms with van der Waals surface area (Å²) < 4.78 is 54.0. The van der Waals surface area contributed by atoms with E-state index in [0.29, 0.717) is 5.69 Å². The van der Waals surface area contributed by atoms with Crippen molar-refractivity contribution < 1.29 is 22.0 Å². The molecule has 0 aliphatic carbocycles. The van der Waals surface area contributed by atoms with Crippen molar-refractivity contribution in [2.24, 2.45) is 0 Å². The lowest BCUT2D eigenvalue weighted by atomic mass is 10.2. The van der Waals surface area contributed by atoms with Gasteiger partial charge >= 0.3 is 0 Å². The van der Waals surface area contributed by atoms with Gasteiger partial charge in [-0.1, -0.05) is 24.3 Å². The highest BCUT2D eigenvalue weighted by molar-refractivity contribution is 7.92. The number of hydrogen-bond donors (Lipinski definition) is 2. The highest BCUT2D eigenvalue weighted by Crippen LogP contribution is 2.21. The topological polar surface area (TPSA) is 75.3 Å². The van der Waals surface area contributed by atoms with Gasteiger partial charge in [-0.25, -0.2) is 17.2 Å². The van der Waals surface area contributed by atoms with Gasteiger partial charge < -0.3 is 5.32 Å².